The highest BCUT2D eigenvalue weighted by atomic mass is 16.5. The van der Waals surface area contributed by atoms with Gasteiger partial charge in [-0.2, -0.15) is 5.26 Å². The monoisotopic (exact) mass is 522 g/mol. The van der Waals surface area contributed by atoms with Crippen LogP contribution in [0.2, 0.25) is 0 Å². The highest BCUT2D eigenvalue weighted by molar-refractivity contribution is 6.04. The van der Waals surface area contributed by atoms with E-state index in [0.717, 1.165) is 44.9 Å². The second-order valence-corrected chi connectivity index (χ2v) is 15.4. The van der Waals surface area contributed by atoms with E-state index in [2.05, 4.69) is 46.0 Å². The normalized spacial score (nSPS) is 47.0. The molecule has 1 aliphatic heterocycles. The molecule has 0 spiro atoms. The Morgan fingerprint density at radius 2 is 1.63 bits per heavy atom. The number of ketones is 1. The number of hydrogen-bond acceptors (Lipinski definition) is 5. The van der Waals surface area contributed by atoms with Gasteiger partial charge in [-0.05, 0) is 84.4 Å². The summed E-state index contributed by atoms with van der Waals surface area (Å²) >= 11 is 0. The first-order chi connectivity index (χ1) is 17.5. The van der Waals surface area contributed by atoms with Gasteiger partial charge in [0, 0.05) is 17.9 Å². The van der Waals surface area contributed by atoms with Gasteiger partial charge in [-0.3, -0.25) is 14.4 Å². The van der Waals surface area contributed by atoms with Gasteiger partial charge in [0.05, 0.1) is 18.1 Å². The van der Waals surface area contributed by atoms with Gasteiger partial charge in [0.15, 0.2) is 5.78 Å². The van der Waals surface area contributed by atoms with Crippen LogP contribution in [0.1, 0.15) is 99.8 Å². The van der Waals surface area contributed by atoms with Gasteiger partial charge in [0.25, 0.3) is 0 Å². The molecule has 1 heterocycles. The lowest BCUT2D eigenvalue weighted by Crippen LogP contribution is -2.68. The van der Waals surface area contributed by atoms with E-state index in [0.29, 0.717) is 6.42 Å². The molecule has 4 aliphatic carbocycles. The number of Topliss-reactive ketones (excluding diaryl/α,β-unsaturated/α-hetero) is 1. The number of methoxy groups -OCH3 is 1. The first-order valence-electron chi connectivity index (χ1n) is 14.6. The molecule has 0 unspecified atom stereocenters. The van der Waals surface area contributed by atoms with Crippen LogP contribution in [0.4, 0.5) is 0 Å². The second kappa shape index (κ2) is 8.18. The third kappa shape index (κ3) is 3.32. The molecule has 0 aromatic carbocycles. The summed E-state index contributed by atoms with van der Waals surface area (Å²) in [4.78, 5) is 40.6. The molecule has 1 saturated heterocycles. The van der Waals surface area contributed by atoms with Crippen LogP contribution in [-0.2, 0) is 19.1 Å². The molecule has 0 aromatic heterocycles. The Labute approximate surface area is 228 Å². The SMILES string of the molecule is COC(=O)[C@]12CCC(C)(C)C[C@H]1[C@H]1NC(=O)C[C@@H]3[C@@]4(C)C=C(C#N)C(=O)C(C)(C)[C@@H]4CC[C@@]3(C)[C@]1(C)CC2. The van der Waals surface area contributed by atoms with E-state index in [1.54, 1.807) is 0 Å². The first kappa shape index (κ1) is 27.4. The molecule has 0 aromatic rings. The summed E-state index contributed by atoms with van der Waals surface area (Å²) in [6.45, 7) is 15.5. The molecule has 1 amide bonds. The van der Waals surface area contributed by atoms with Crippen LogP contribution >= 0.6 is 0 Å². The average molecular weight is 523 g/mol. The van der Waals surface area contributed by atoms with Crippen molar-refractivity contribution in [1.29, 1.82) is 5.26 Å². The highest BCUT2D eigenvalue weighted by Crippen LogP contribution is 2.72. The zero-order valence-corrected chi connectivity index (χ0v) is 24.6. The Kier molecular flexibility index (Phi) is 5.90. The molecular weight excluding hydrogens is 476 g/mol. The predicted molar refractivity (Wildman–Crippen MR) is 144 cm³/mol. The molecule has 0 radical (unpaired) electrons. The summed E-state index contributed by atoms with van der Waals surface area (Å²) in [7, 11) is 1.50. The largest absolute Gasteiger partial charge is 0.469 e. The summed E-state index contributed by atoms with van der Waals surface area (Å²) in [5.74, 6) is -0.0958. The number of ether oxygens (including phenoxy) is 1. The molecule has 6 heteroatoms. The zero-order valence-electron chi connectivity index (χ0n) is 24.6. The van der Waals surface area contributed by atoms with Crippen molar-refractivity contribution in [3.63, 3.8) is 0 Å². The third-order valence-corrected chi connectivity index (χ3v) is 13.0. The molecule has 5 aliphatic rings. The molecule has 8 atom stereocenters. The maximum Gasteiger partial charge on any atom is 0.312 e. The fourth-order valence-corrected chi connectivity index (χ4v) is 10.6. The topological polar surface area (TPSA) is 96.3 Å². The van der Waals surface area contributed by atoms with E-state index in [9.17, 15) is 19.6 Å². The smallest absolute Gasteiger partial charge is 0.312 e. The number of nitriles is 1. The lowest BCUT2D eigenvalue weighted by atomic mass is 9.36. The summed E-state index contributed by atoms with van der Waals surface area (Å²) in [6, 6.07) is 2.07. The fourth-order valence-electron chi connectivity index (χ4n) is 10.6. The summed E-state index contributed by atoms with van der Waals surface area (Å²) < 4.78 is 5.44. The standard InChI is InChI=1S/C32H46N2O4/c1-27(2)11-13-32(26(37)38-8)14-12-31(7)24(20(32)17-27)34-23(35)15-22-29(5)16-19(18-33)25(36)28(3,4)21(29)9-10-30(22,31)6/h16,20-22,24H,9-15,17H2,1-8H3,(H,34,35)/t20-,21-,22+,24+,29-,30+,31+,32-/m0/s1. The van der Waals surface area contributed by atoms with E-state index >= 15 is 0 Å². The lowest BCUT2D eigenvalue weighted by molar-refractivity contribution is -0.194. The first-order valence-corrected chi connectivity index (χ1v) is 14.6. The summed E-state index contributed by atoms with van der Waals surface area (Å²) in [5.41, 5.74) is -1.79. The van der Waals surface area contributed by atoms with Gasteiger partial charge >= 0.3 is 5.97 Å². The zero-order chi connectivity index (χ0) is 28.1. The van der Waals surface area contributed by atoms with Gasteiger partial charge in [0.1, 0.15) is 6.07 Å². The molecule has 0 bridgehead atoms. The van der Waals surface area contributed by atoms with E-state index in [1.807, 2.05) is 19.9 Å². The van der Waals surface area contributed by atoms with Crippen molar-refractivity contribution < 1.29 is 19.1 Å². The van der Waals surface area contributed by atoms with Crippen LogP contribution in [0.15, 0.2) is 11.6 Å². The molecule has 6 nitrogen and oxygen atoms in total. The van der Waals surface area contributed by atoms with Crippen LogP contribution in [0, 0.1) is 61.6 Å². The van der Waals surface area contributed by atoms with Crippen molar-refractivity contribution >= 4 is 17.7 Å². The molecule has 4 fully saturated rings. The van der Waals surface area contributed by atoms with Gasteiger partial charge in [-0.25, -0.2) is 0 Å². The molecular formula is C32H46N2O4. The van der Waals surface area contributed by atoms with Crippen LogP contribution in [0.3, 0.4) is 0 Å². The number of hydrogen-bond donors (Lipinski definition) is 1. The van der Waals surface area contributed by atoms with Crippen molar-refractivity contribution in [3.05, 3.63) is 11.6 Å². The van der Waals surface area contributed by atoms with Crippen LogP contribution < -0.4 is 5.32 Å². The number of carbonyl (C=O) groups excluding carboxylic acids is 3. The number of carbonyl (C=O) groups is 3. The molecule has 208 valence electrons. The highest BCUT2D eigenvalue weighted by Gasteiger charge is 2.71. The Balaban J connectivity index is 1.67. The number of esters is 1. The van der Waals surface area contributed by atoms with E-state index in [1.165, 1.54) is 7.11 Å². The quantitative estimate of drug-likeness (QED) is 0.442. The van der Waals surface area contributed by atoms with Gasteiger partial charge < -0.3 is 10.1 Å². The number of nitrogens with one attached hydrogen (secondary N) is 1. The molecule has 1 N–H and O–H groups in total. The maximum absolute atomic E-state index is 13.9. The second-order valence-electron chi connectivity index (χ2n) is 15.4. The van der Waals surface area contributed by atoms with Crippen molar-refractivity contribution in [2.45, 2.75) is 106 Å². The van der Waals surface area contributed by atoms with Gasteiger partial charge in [-0.15, -0.1) is 0 Å². The Morgan fingerprint density at radius 1 is 0.974 bits per heavy atom. The predicted octanol–water partition coefficient (Wildman–Crippen LogP) is 5.76. The minimum absolute atomic E-state index is 0.0112. The molecule has 3 saturated carbocycles. The van der Waals surface area contributed by atoms with Crippen molar-refractivity contribution in [1.82, 2.24) is 5.32 Å². The van der Waals surface area contributed by atoms with E-state index in [-0.39, 0.29) is 63.3 Å². The number of amides is 1. The lowest BCUT2D eigenvalue weighted by Gasteiger charge is -2.68. The number of rotatable bonds is 1. The number of nitrogens with zero attached hydrogens (tertiary/aromatic N) is 1. The van der Waals surface area contributed by atoms with Crippen molar-refractivity contribution in [3.8, 4) is 6.07 Å². The molecule has 5 rings (SSSR count). The van der Waals surface area contributed by atoms with Crippen molar-refractivity contribution in [2.75, 3.05) is 7.11 Å². The maximum atomic E-state index is 13.9. The Morgan fingerprint density at radius 3 is 2.26 bits per heavy atom. The summed E-state index contributed by atoms with van der Waals surface area (Å²) in [5, 5.41) is 13.4. The van der Waals surface area contributed by atoms with Gasteiger partial charge in [0.2, 0.25) is 5.91 Å². The van der Waals surface area contributed by atoms with E-state index in [4.69, 9.17) is 4.74 Å². The Bertz CT molecular complexity index is 1160. The Hall–Kier alpha value is -2.16. The minimum Gasteiger partial charge on any atom is -0.469 e. The van der Waals surface area contributed by atoms with Crippen LogP contribution in [0.25, 0.3) is 0 Å². The van der Waals surface area contributed by atoms with Crippen molar-refractivity contribution in [2.24, 2.45) is 50.2 Å². The average Bonchev–Trinajstić information content (AvgIpc) is 2.93. The number of fused-ring (bicyclic) bond motifs is 7. The minimum atomic E-state index is -0.654. The molecule has 38 heavy (non-hydrogen) atoms. The fraction of sp³-hybridized carbons (Fsp3) is 0.812. The van der Waals surface area contributed by atoms with Crippen LogP contribution in [0.5, 0.6) is 0 Å². The summed E-state index contributed by atoms with van der Waals surface area (Å²) in [6.07, 6.45) is 8.38. The van der Waals surface area contributed by atoms with Gasteiger partial charge in [-0.1, -0.05) is 54.5 Å². The number of allylic oxidation sites excluding steroid dienone is 2. The van der Waals surface area contributed by atoms with Crippen LogP contribution in [-0.4, -0.2) is 30.8 Å². The van der Waals surface area contributed by atoms with E-state index < -0.39 is 16.2 Å². The third-order valence-electron chi connectivity index (χ3n) is 13.0.